The number of nitrogens with zero attached hydrogens (tertiary/aromatic N) is 2. The molecule has 0 aliphatic carbocycles. The van der Waals surface area contributed by atoms with E-state index in [4.69, 9.17) is 4.74 Å². The highest BCUT2D eigenvalue weighted by molar-refractivity contribution is 6.04. The van der Waals surface area contributed by atoms with Gasteiger partial charge in [0.1, 0.15) is 0 Å². The van der Waals surface area contributed by atoms with Crippen LogP contribution in [0.15, 0.2) is 18.2 Å². The van der Waals surface area contributed by atoms with Crippen LogP contribution in [0, 0.1) is 5.92 Å². The Morgan fingerprint density at radius 2 is 2.09 bits per heavy atom. The summed E-state index contributed by atoms with van der Waals surface area (Å²) in [5.41, 5.74) is 1.17. The maximum Gasteiger partial charge on any atom is 0.264 e. The first-order chi connectivity index (χ1) is 11.1. The third-order valence-corrected chi connectivity index (χ3v) is 5.29. The Morgan fingerprint density at radius 3 is 2.78 bits per heavy atom. The Morgan fingerprint density at radius 1 is 1.30 bits per heavy atom. The average Bonchev–Trinajstić information content (AvgIpc) is 2.59. The molecule has 5 rings (SSSR count). The van der Waals surface area contributed by atoms with Crippen molar-refractivity contribution in [2.75, 3.05) is 38.2 Å². The lowest BCUT2D eigenvalue weighted by Gasteiger charge is -2.45. The highest BCUT2D eigenvalue weighted by Crippen LogP contribution is 2.35. The predicted octanol–water partition coefficient (Wildman–Crippen LogP) is 0.866. The van der Waals surface area contributed by atoms with Gasteiger partial charge in [-0.3, -0.25) is 9.59 Å². The summed E-state index contributed by atoms with van der Waals surface area (Å²) in [7, 11) is 1.71. The molecular formula is C17H21N3O3. The number of rotatable bonds is 2. The number of carbonyl (C=O) groups is 2. The van der Waals surface area contributed by atoms with Crippen LogP contribution in [-0.2, 0) is 4.79 Å². The number of hydrogen-bond donors (Lipinski definition) is 1. The summed E-state index contributed by atoms with van der Waals surface area (Å²) in [6.07, 6.45) is 2.32. The van der Waals surface area contributed by atoms with Gasteiger partial charge in [-0.15, -0.1) is 0 Å². The molecule has 2 bridgehead atoms. The summed E-state index contributed by atoms with van der Waals surface area (Å²) in [4.78, 5) is 28.4. The highest BCUT2D eigenvalue weighted by atomic mass is 16.5. The van der Waals surface area contributed by atoms with Gasteiger partial charge >= 0.3 is 0 Å². The van der Waals surface area contributed by atoms with E-state index in [-0.39, 0.29) is 24.5 Å². The van der Waals surface area contributed by atoms with Gasteiger partial charge in [0.25, 0.3) is 11.8 Å². The van der Waals surface area contributed by atoms with Gasteiger partial charge in [-0.2, -0.15) is 0 Å². The zero-order chi connectivity index (χ0) is 16.0. The van der Waals surface area contributed by atoms with E-state index in [2.05, 4.69) is 10.2 Å². The third kappa shape index (κ3) is 2.47. The smallest absolute Gasteiger partial charge is 0.264 e. The number of likely N-dealkylation sites (N-methyl/N-ethyl adjacent to an activating group) is 1. The molecule has 1 aromatic carbocycles. The molecule has 1 aromatic rings. The zero-order valence-electron chi connectivity index (χ0n) is 13.2. The van der Waals surface area contributed by atoms with Crippen LogP contribution in [0.2, 0.25) is 0 Å². The van der Waals surface area contributed by atoms with Crippen molar-refractivity contribution in [3.05, 3.63) is 23.8 Å². The predicted molar refractivity (Wildman–Crippen MR) is 85.8 cm³/mol. The van der Waals surface area contributed by atoms with E-state index in [1.165, 1.54) is 0 Å². The molecule has 1 N–H and O–H groups in total. The van der Waals surface area contributed by atoms with Gasteiger partial charge in [0.2, 0.25) is 0 Å². The molecule has 4 heterocycles. The molecule has 0 spiro atoms. The van der Waals surface area contributed by atoms with Gasteiger partial charge in [0, 0.05) is 19.6 Å². The second-order valence-electron chi connectivity index (χ2n) is 6.61. The second kappa shape index (κ2) is 5.53. The average molecular weight is 315 g/mol. The Kier molecular flexibility index (Phi) is 3.49. The van der Waals surface area contributed by atoms with Gasteiger partial charge < -0.3 is 19.9 Å². The Balaban J connectivity index is 1.56. The number of carbonyl (C=O) groups excluding carboxylic acids is 2. The third-order valence-electron chi connectivity index (χ3n) is 5.29. The molecule has 2 amide bonds. The molecule has 122 valence electrons. The number of anilines is 1. The molecule has 3 saturated heterocycles. The number of amides is 2. The van der Waals surface area contributed by atoms with Gasteiger partial charge in [-0.05, 0) is 44.0 Å². The molecule has 1 unspecified atom stereocenters. The van der Waals surface area contributed by atoms with Crippen molar-refractivity contribution in [3.63, 3.8) is 0 Å². The topological polar surface area (TPSA) is 61.9 Å². The summed E-state index contributed by atoms with van der Waals surface area (Å²) in [6, 6.07) is 5.57. The van der Waals surface area contributed by atoms with E-state index in [0.29, 0.717) is 22.9 Å². The largest absolute Gasteiger partial charge is 0.481 e. The van der Waals surface area contributed by atoms with Crippen molar-refractivity contribution in [2.45, 2.75) is 18.9 Å². The normalized spacial score (nSPS) is 29.0. The SMILES string of the molecule is CN1C(=O)COc2c(C(=O)NC3CN4CCC3CC4)cccc21. The van der Waals surface area contributed by atoms with E-state index < -0.39 is 0 Å². The highest BCUT2D eigenvalue weighted by Gasteiger charge is 2.36. The molecule has 0 saturated carbocycles. The molecule has 6 nitrogen and oxygen atoms in total. The minimum Gasteiger partial charge on any atom is -0.481 e. The van der Waals surface area contributed by atoms with Crippen LogP contribution in [0.4, 0.5) is 5.69 Å². The first-order valence-corrected chi connectivity index (χ1v) is 8.19. The number of nitrogens with one attached hydrogen (secondary N) is 1. The van der Waals surface area contributed by atoms with Crippen molar-refractivity contribution in [2.24, 2.45) is 5.92 Å². The van der Waals surface area contributed by atoms with E-state index in [0.717, 1.165) is 32.5 Å². The fourth-order valence-electron chi connectivity index (χ4n) is 3.86. The summed E-state index contributed by atoms with van der Waals surface area (Å²) < 4.78 is 5.55. The molecule has 23 heavy (non-hydrogen) atoms. The number of hydrogen-bond acceptors (Lipinski definition) is 4. The van der Waals surface area contributed by atoms with Crippen LogP contribution in [0.5, 0.6) is 5.75 Å². The molecule has 6 heteroatoms. The van der Waals surface area contributed by atoms with Crippen LogP contribution >= 0.6 is 0 Å². The molecule has 4 aliphatic heterocycles. The van der Waals surface area contributed by atoms with E-state index in [1.54, 1.807) is 30.1 Å². The van der Waals surface area contributed by atoms with E-state index in [9.17, 15) is 9.59 Å². The maximum absolute atomic E-state index is 12.7. The fraction of sp³-hybridized carbons (Fsp3) is 0.529. The van der Waals surface area contributed by atoms with Crippen LogP contribution in [0.3, 0.4) is 0 Å². The van der Waals surface area contributed by atoms with Gasteiger partial charge in [-0.25, -0.2) is 0 Å². The molecule has 0 radical (unpaired) electrons. The molecule has 1 atom stereocenters. The minimum atomic E-state index is -0.108. The second-order valence-corrected chi connectivity index (χ2v) is 6.61. The minimum absolute atomic E-state index is 0.0202. The summed E-state index contributed by atoms with van der Waals surface area (Å²) in [5, 5.41) is 3.18. The zero-order valence-corrected chi connectivity index (χ0v) is 13.2. The molecule has 3 fully saturated rings. The number of para-hydroxylation sites is 1. The standard InChI is InChI=1S/C17H21N3O3/c1-19-14-4-2-3-12(16(14)23-10-15(19)21)17(22)18-13-9-20-7-5-11(13)6-8-20/h2-4,11,13H,5-10H2,1H3,(H,18,22). The van der Waals surface area contributed by atoms with Crippen molar-refractivity contribution in [1.82, 2.24) is 10.2 Å². The molecule has 0 aromatic heterocycles. The lowest BCUT2D eigenvalue weighted by Crippen LogP contribution is -2.57. The summed E-state index contributed by atoms with van der Waals surface area (Å²) in [5.74, 6) is 0.873. The van der Waals surface area contributed by atoms with Gasteiger partial charge in [0.15, 0.2) is 12.4 Å². The monoisotopic (exact) mass is 315 g/mol. The maximum atomic E-state index is 12.7. The van der Waals surface area contributed by atoms with E-state index >= 15 is 0 Å². The summed E-state index contributed by atoms with van der Waals surface area (Å²) in [6.45, 7) is 3.21. The first kappa shape index (κ1) is 14.5. The van der Waals surface area contributed by atoms with Gasteiger partial charge in [-0.1, -0.05) is 6.07 Å². The quantitative estimate of drug-likeness (QED) is 0.879. The van der Waals surface area contributed by atoms with Crippen LogP contribution in [0.25, 0.3) is 0 Å². The van der Waals surface area contributed by atoms with Crippen LogP contribution in [-0.4, -0.2) is 56.0 Å². The Bertz CT molecular complexity index is 652. The van der Waals surface area contributed by atoms with Crippen LogP contribution in [0.1, 0.15) is 23.2 Å². The van der Waals surface area contributed by atoms with Crippen molar-refractivity contribution in [1.29, 1.82) is 0 Å². The number of piperidine rings is 3. The Hall–Kier alpha value is -2.08. The van der Waals surface area contributed by atoms with Gasteiger partial charge in [0.05, 0.1) is 11.3 Å². The number of ether oxygens (including phenoxy) is 1. The van der Waals surface area contributed by atoms with Crippen molar-refractivity contribution in [3.8, 4) is 5.75 Å². The Labute approximate surface area is 135 Å². The first-order valence-electron chi connectivity index (χ1n) is 8.19. The van der Waals surface area contributed by atoms with Crippen molar-refractivity contribution >= 4 is 17.5 Å². The summed E-state index contributed by atoms with van der Waals surface area (Å²) >= 11 is 0. The van der Waals surface area contributed by atoms with E-state index in [1.807, 2.05) is 0 Å². The number of benzene rings is 1. The lowest BCUT2D eigenvalue weighted by atomic mass is 9.84. The molecular weight excluding hydrogens is 294 g/mol. The lowest BCUT2D eigenvalue weighted by molar-refractivity contribution is -0.121. The molecule has 4 aliphatic rings. The fourth-order valence-corrected chi connectivity index (χ4v) is 3.86. The number of fused-ring (bicyclic) bond motifs is 4. The van der Waals surface area contributed by atoms with Crippen LogP contribution < -0.4 is 15.0 Å². The van der Waals surface area contributed by atoms with Crippen molar-refractivity contribution < 1.29 is 14.3 Å².